The number of thioether (sulfide) groups is 1. The zero-order valence-corrected chi connectivity index (χ0v) is 25.9. The fraction of sp³-hybridized carbons (Fsp3) is 0.312. The molecule has 0 amide bonds. The number of aryl methyl sites for hydroxylation is 1. The number of anilines is 2. The summed E-state index contributed by atoms with van der Waals surface area (Å²) < 4.78 is 9.28. The van der Waals surface area contributed by atoms with E-state index < -0.39 is 0 Å². The molecule has 2 saturated heterocycles. The van der Waals surface area contributed by atoms with Crippen molar-refractivity contribution < 1.29 is 4.74 Å². The number of pyridine rings is 1. The molecule has 0 saturated carbocycles. The molecule has 11 heteroatoms. The van der Waals surface area contributed by atoms with Crippen LogP contribution in [0.2, 0.25) is 10.0 Å². The lowest BCUT2D eigenvalue weighted by Crippen LogP contribution is -2.27. The van der Waals surface area contributed by atoms with Gasteiger partial charge in [0.25, 0.3) is 5.56 Å². The Morgan fingerprint density at radius 2 is 1.86 bits per heavy atom. The molecular weight excluding hydrogens is 603 g/mol. The first-order chi connectivity index (χ1) is 21.0. The average molecular weight is 634 g/mol. The minimum atomic E-state index is -0.226. The van der Waals surface area contributed by atoms with Crippen LogP contribution in [0.1, 0.15) is 42.5 Å². The SMILES string of the molecule is Cn1ccnc1-c1cc(Cl)c(-c2cc3cnc(Nc4ccc(C5CCCCS5)cc4)nc3n(C3CCOC3)c2=O)c(Cl)c1. The first-order valence-electron chi connectivity index (χ1n) is 14.4. The van der Waals surface area contributed by atoms with Gasteiger partial charge in [0, 0.05) is 59.7 Å². The van der Waals surface area contributed by atoms with Gasteiger partial charge in [0.15, 0.2) is 0 Å². The van der Waals surface area contributed by atoms with Crippen LogP contribution in [-0.2, 0) is 11.8 Å². The molecule has 2 atom stereocenters. The van der Waals surface area contributed by atoms with Crippen molar-refractivity contribution in [1.82, 2.24) is 24.1 Å². The van der Waals surface area contributed by atoms with Gasteiger partial charge in [-0.1, -0.05) is 41.8 Å². The number of nitrogens with zero attached hydrogens (tertiary/aromatic N) is 5. The lowest BCUT2D eigenvalue weighted by atomic mass is 10.0. The topological polar surface area (TPSA) is 86.9 Å². The quantitative estimate of drug-likeness (QED) is 0.204. The highest BCUT2D eigenvalue weighted by molar-refractivity contribution is 7.99. The fourth-order valence-electron chi connectivity index (χ4n) is 5.94. The molecule has 2 unspecified atom stereocenters. The number of imidazole rings is 1. The molecule has 0 spiro atoms. The van der Waals surface area contributed by atoms with E-state index >= 15 is 0 Å². The third-order valence-corrected chi connectivity index (χ3v) is 10.2. The zero-order valence-electron chi connectivity index (χ0n) is 23.6. The summed E-state index contributed by atoms with van der Waals surface area (Å²) in [6.07, 6.45) is 9.81. The molecule has 5 aromatic rings. The van der Waals surface area contributed by atoms with E-state index in [4.69, 9.17) is 32.9 Å². The molecule has 0 bridgehead atoms. The van der Waals surface area contributed by atoms with E-state index in [2.05, 4.69) is 39.6 Å². The first-order valence-corrected chi connectivity index (χ1v) is 16.2. The second kappa shape index (κ2) is 12.0. The number of ether oxygens (including phenoxy) is 1. The Hall–Kier alpha value is -3.37. The molecule has 1 N–H and O–H groups in total. The van der Waals surface area contributed by atoms with E-state index in [-0.39, 0.29) is 11.6 Å². The van der Waals surface area contributed by atoms with E-state index in [1.54, 1.807) is 35.2 Å². The molecule has 2 fully saturated rings. The molecule has 2 aliphatic heterocycles. The van der Waals surface area contributed by atoms with Gasteiger partial charge in [0.05, 0.1) is 28.3 Å². The Morgan fingerprint density at radius 3 is 2.53 bits per heavy atom. The minimum Gasteiger partial charge on any atom is -0.379 e. The Bertz CT molecular complexity index is 1840. The van der Waals surface area contributed by atoms with Crippen LogP contribution < -0.4 is 10.9 Å². The first kappa shape index (κ1) is 28.4. The van der Waals surface area contributed by atoms with Crippen LogP contribution in [0, 0.1) is 0 Å². The van der Waals surface area contributed by atoms with Gasteiger partial charge in [-0.2, -0.15) is 16.7 Å². The number of hydrogen-bond acceptors (Lipinski definition) is 7. The monoisotopic (exact) mass is 632 g/mol. The van der Waals surface area contributed by atoms with E-state index in [1.807, 2.05) is 29.6 Å². The fourth-order valence-corrected chi connectivity index (χ4v) is 7.97. The molecule has 220 valence electrons. The van der Waals surface area contributed by atoms with Crippen molar-refractivity contribution in [1.29, 1.82) is 0 Å². The molecule has 5 heterocycles. The van der Waals surface area contributed by atoms with Crippen LogP contribution >= 0.6 is 35.0 Å². The summed E-state index contributed by atoms with van der Waals surface area (Å²) in [5, 5.41) is 5.32. The predicted molar refractivity (Wildman–Crippen MR) is 175 cm³/mol. The summed E-state index contributed by atoms with van der Waals surface area (Å²) in [5.41, 5.74) is 4.18. The smallest absolute Gasteiger partial charge is 0.260 e. The number of benzene rings is 2. The summed E-state index contributed by atoms with van der Waals surface area (Å²) in [6.45, 7) is 0.996. The number of rotatable bonds is 6. The maximum absolute atomic E-state index is 14.2. The van der Waals surface area contributed by atoms with Crippen molar-refractivity contribution in [2.45, 2.75) is 37.0 Å². The lowest BCUT2D eigenvalue weighted by Gasteiger charge is -2.21. The standard InChI is InChI=1S/C32H30Cl2N6O2S/c1-39-11-10-35-29(39)20-15-25(33)28(26(34)16-20)24-14-21-17-36-32(38-30(21)40(31(24)41)23-9-12-42-18-23)37-22-7-5-19(6-8-22)27-4-2-3-13-43-27/h5-8,10-11,14-17,23,27H,2-4,9,12-13,18H2,1H3,(H,36,37,38). The van der Waals surface area contributed by atoms with Crippen LogP contribution in [-0.4, -0.2) is 43.1 Å². The number of nitrogens with one attached hydrogen (secondary N) is 1. The molecular formula is C32H30Cl2N6O2S. The van der Waals surface area contributed by atoms with Crippen molar-refractivity contribution in [3.63, 3.8) is 0 Å². The molecule has 3 aromatic heterocycles. The van der Waals surface area contributed by atoms with Gasteiger partial charge in [0.2, 0.25) is 5.95 Å². The van der Waals surface area contributed by atoms with Gasteiger partial charge in [0.1, 0.15) is 11.5 Å². The Labute approximate surface area is 263 Å². The highest BCUT2D eigenvalue weighted by Gasteiger charge is 2.26. The normalized spacial score (nSPS) is 18.8. The minimum absolute atomic E-state index is 0.172. The van der Waals surface area contributed by atoms with Gasteiger partial charge in [-0.15, -0.1) is 0 Å². The van der Waals surface area contributed by atoms with Crippen LogP contribution in [0.5, 0.6) is 0 Å². The highest BCUT2D eigenvalue weighted by Crippen LogP contribution is 2.40. The molecule has 2 aromatic carbocycles. The van der Waals surface area contributed by atoms with E-state index in [1.165, 1.54) is 30.6 Å². The molecule has 0 radical (unpaired) electrons. The Balaban J connectivity index is 1.27. The number of halogens is 2. The van der Waals surface area contributed by atoms with Gasteiger partial charge < -0.3 is 14.6 Å². The van der Waals surface area contributed by atoms with E-state index in [0.717, 1.165) is 17.1 Å². The van der Waals surface area contributed by atoms with Crippen molar-refractivity contribution >= 4 is 57.6 Å². The summed E-state index contributed by atoms with van der Waals surface area (Å²) in [5.74, 6) is 2.37. The number of aromatic nitrogens is 5. The van der Waals surface area contributed by atoms with Crippen LogP contribution in [0.3, 0.4) is 0 Å². The van der Waals surface area contributed by atoms with Gasteiger partial charge in [-0.05, 0) is 60.9 Å². The van der Waals surface area contributed by atoms with Crippen molar-refractivity contribution in [2.75, 3.05) is 24.3 Å². The van der Waals surface area contributed by atoms with Crippen LogP contribution in [0.4, 0.5) is 11.6 Å². The molecule has 8 nitrogen and oxygen atoms in total. The van der Waals surface area contributed by atoms with Gasteiger partial charge in [-0.25, -0.2) is 9.97 Å². The van der Waals surface area contributed by atoms with Gasteiger partial charge >= 0.3 is 0 Å². The third kappa shape index (κ3) is 5.55. The lowest BCUT2D eigenvalue weighted by molar-refractivity contribution is 0.186. The Morgan fingerprint density at radius 1 is 1.05 bits per heavy atom. The second-order valence-electron chi connectivity index (χ2n) is 11.0. The maximum Gasteiger partial charge on any atom is 0.260 e. The van der Waals surface area contributed by atoms with Crippen molar-refractivity contribution in [2.24, 2.45) is 7.05 Å². The Kier molecular flexibility index (Phi) is 7.90. The number of fused-ring (bicyclic) bond motifs is 1. The third-order valence-electron chi connectivity index (χ3n) is 8.15. The average Bonchev–Trinajstić information content (AvgIpc) is 3.70. The van der Waals surface area contributed by atoms with Crippen LogP contribution in [0.25, 0.3) is 33.5 Å². The largest absolute Gasteiger partial charge is 0.379 e. The molecule has 0 aliphatic carbocycles. The zero-order chi connectivity index (χ0) is 29.5. The number of hydrogen-bond donors (Lipinski definition) is 1. The van der Waals surface area contributed by atoms with Gasteiger partial charge in [-0.3, -0.25) is 9.36 Å². The highest BCUT2D eigenvalue weighted by atomic mass is 35.5. The summed E-state index contributed by atoms with van der Waals surface area (Å²) in [6, 6.07) is 13.7. The predicted octanol–water partition coefficient (Wildman–Crippen LogP) is 7.83. The van der Waals surface area contributed by atoms with Crippen molar-refractivity contribution in [3.05, 3.63) is 87.0 Å². The van der Waals surface area contributed by atoms with E-state index in [9.17, 15) is 4.79 Å². The summed E-state index contributed by atoms with van der Waals surface area (Å²) >= 11 is 15.7. The van der Waals surface area contributed by atoms with Crippen molar-refractivity contribution in [3.8, 4) is 22.5 Å². The van der Waals surface area contributed by atoms with E-state index in [0.29, 0.717) is 63.0 Å². The second-order valence-corrected chi connectivity index (χ2v) is 13.1. The summed E-state index contributed by atoms with van der Waals surface area (Å²) in [4.78, 5) is 28.0. The summed E-state index contributed by atoms with van der Waals surface area (Å²) in [7, 11) is 1.90. The molecule has 2 aliphatic rings. The molecule has 43 heavy (non-hydrogen) atoms. The van der Waals surface area contributed by atoms with Crippen LogP contribution in [0.15, 0.2) is 65.8 Å². The maximum atomic E-state index is 14.2. The molecule has 7 rings (SSSR count).